The molecular formula is C9H12F3N. The van der Waals surface area contributed by atoms with Crippen molar-refractivity contribution >= 4 is 0 Å². The van der Waals surface area contributed by atoms with Gasteiger partial charge in [0.1, 0.15) is 6.04 Å². The van der Waals surface area contributed by atoms with Crippen LogP contribution in [0.1, 0.15) is 19.3 Å². The Morgan fingerprint density at radius 1 is 1.15 bits per heavy atom. The first-order valence-electron chi connectivity index (χ1n) is 4.58. The molecule has 0 aromatic carbocycles. The number of rotatable bonds is 1. The maximum atomic E-state index is 12.3. The van der Waals surface area contributed by atoms with Gasteiger partial charge in [-0.25, -0.2) is 0 Å². The fraction of sp³-hybridized carbons (Fsp3) is 0.778. The summed E-state index contributed by atoms with van der Waals surface area (Å²) in [5.41, 5.74) is 0. The molecule has 2 aliphatic rings. The van der Waals surface area contributed by atoms with E-state index in [1.54, 1.807) is 0 Å². The third-order valence-corrected chi connectivity index (χ3v) is 2.70. The summed E-state index contributed by atoms with van der Waals surface area (Å²) in [4.78, 5) is 0. The summed E-state index contributed by atoms with van der Waals surface area (Å²) in [6, 6.07) is -1.26. The van der Waals surface area contributed by atoms with E-state index in [9.17, 15) is 13.2 Å². The lowest BCUT2D eigenvalue weighted by Gasteiger charge is -2.32. The zero-order chi connectivity index (χ0) is 9.47. The SMILES string of the molecule is FC(F)(F)C1CCCC(C2C=C2)N1. The van der Waals surface area contributed by atoms with Crippen molar-refractivity contribution in [3.8, 4) is 0 Å². The van der Waals surface area contributed by atoms with Gasteiger partial charge >= 0.3 is 6.18 Å². The molecule has 1 nitrogen and oxygen atoms in total. The van der Waals surface area contributed by atoms with Crippen LogP contribution in [-0.2, 0) is 0 Å². The molecule has 4 heteroatoms. The fourth-order valence-corrected chi connectivity index (χ4v) is 1.86. The smallest absolute Gasteiger partial charge is 0.302 e. The molecule has 2 rings (SSSR count). The molecule has 1 aliphatic heterocycles. The lowest BCUT2D eigenvalue weighted by atomic mass is 9.94. The van der Waals surface area contributed by atoms with Crippen LogP contribution in [0.2, 0.25) is 0 Å². The highest BCUT2D eigenvalue weighted by Gasteiger charge is 2.43. The van der Waals surface area contributed by atoms with Crippen molar-refractivity contribution in [2.24, 2.45) is 5.92 Å². The Hall–Kier alpha value is -0.510. The molecule has 1 saturated heterocycles. The Bertz CT molecular complexity index is 215. The number of nitrogens with one attached hydrogen (secondary N) is 1. The monoisotopic (exact) mass is 191 g/mol. The van der Waals surface area contributed by atoms with Crippen molar-refractivity contribution in [3.05, 3.63) is 12.2 Å². The minimum atomic E-state index is -4.08. The highest BCUT2D eigenvalue weighted by Crippen LogP contribution is 2.33. The largest absolute Gasteiger partial charge is 0.403 e. The van der Waals surface area contributed by atoms with Gasteiger partial charge in [0.15, 0.2) is 0 Å². The number of alkyl halides is 3. The van der Waals surface area contributed by atoms with Crippen molar-refractivity contribution in [1.82, 2.24) is 5.32 Å². The van der Waals surface area contributed by atoms with Gasteiger partial charge in [0, 0.05) is 12.0 Å². The highest BCUT2D eigenvalue weighted by molar-refractivity contribution is 5.18. The maximum Gasteiger partial charge on any atom is 0.403 e. The van der Waals surface area contributed by atoms with E-state index in [1.807, 2.05) is 12.2 Å². The predicted molar refractivity (Wildman–Crippen MR) is 43.2 cm³/mol. The van der Waals surface area contributed by atoms with Crippen molar-refractivity contribution in [2.75, 3.05) is 0 Å². The lowest BCUT2D eigenvalue weighted by Crippen LogP contribution is -2.51. The van der Waals surface area contributed by atoms with Crippen LogP contribution < -0.4 is 5.32 Å². The highest BCUT2D eigenvalue weighted by atomic mass is 19.4. The van der Waals surface area contributed by atoms with Crippen LogP contribution in [0.3, 0.4) is 0 Å². The Morgan fingerprint density at radius 2 is 1.85 bits per heavy atom. The Kier molecular flexibility index (Phi) is 2.10. The van der Waals surface area contributed by atoms with Gasteiger partial charge in [-0.05, 0) is 19.3 Å². The molecule has 74 valence electrons. The third kappa shape index (κ3) is 2.05. The molecule has 0 amide bonds. The first kappa shape index (κ1) is 9.06. The van der Waals surface area contributed by atoms with Gasteiger partial charge in [-0.2, -0.15) is 13.2 Å². The van der Waals surface area contributed by atoms with Crippen LogP contribution in [0.5, 0.6) is 0 Å². The molecule has 13 heavy (non-hydrogen) atoms. The molecule has 1 fully saturated rings. The molecule has 1 aliphatic carbocycles. The second kappa shape index (κ2) is 3.01. The summed E-state index contributed by atoms with van der Waals surface area (Å²) in [5, 5.41) is 2.67. The molecule has 2 atom stereocenters. The van der Waals surface area contributed by atoms with Gasteiger partial charge in [-0.1, -0.05) is 12.2 Å². The van der Waals surface area contributed by atoms with Crippen molar-refractivity contribution < 1.29 is 13.2 Å². The van der Waals surface area contributed by atoms with Gasteiger partial charge in [0.2, 0.25) is 0 Å². The quantitative estimate of drug-likeness (QED) is 0.627. The summed E-state index contributed by atoms with van der Waals surface area (Å²) >= 11 is 0. The van der Waals surface area contributed by atoms with E-state index in [0.29, 0.717) is 6.42 Å². The average molecular weight is 191 g/mol. The molecule has 0 radical (unpaired) electrons. The van der Waals surface area contributed by atoms with E-state index in [2.05, 4.69) is 5.32 Å². The van der Waals surface area contributed by atoms with Gasteiger partial charge in [-0.3, -0.25) is 0 Å². The van der Waals surface area contributed by atoms with E-state index < -0.39 is 12.2 Å². The minimum absolute atomic E-state index is 0.0281. The summed E-state index contributed by atoms with van der Waals surface area (Å²) in [6.07, 6.45) is 1.61. The van der Waals surface area contributed by atoms with E-state index in [4.69, 9.17) is 0 Å². The fourth-order valence-electron chi connectivity index (χ4n) is 1.86. The predicted octanol–water partition coefficient (Wildman–Crippen LogP) is 2.25. The van der Waals surface area contributed by atoms with E-state index >= 15 is 0 Å². The maximum absolute atomic E-state index is 12.3. The van der Waals surface area contributed by atoms with Crippen LogP contribution in [0.15, 0.2) is 12.2 Å². The second-order valence-electron chi connectivity index (χ2n) is 3.76. The standard InChI is InChI=1S/C9H12F3N/c10-9(11,12)8-3-1-2-7(13-8)6-4-5-6/h4-8,13H,1-3H2. The normalized spacial score (nSPS) is 35.0. The number of hydrogen-bond donors (Lipinski definition) is 1. The first-order valence-corrected chi connectivity index (χ1v) is 4.58. The van der Waals surface area contributed by atoms with Gasteiger partial charge < -0.3 is 5.32 Å². The van der Waals surface area contributed by atoms with Crippen LogP contribution >= 0.6 is 0 Å². The van der Waals surface area contributed by atoms with Crippen molar-refractivity contribution in [3.63, 3.8) is 0 Å². The zero-order valence-electron chi connectivity index (χ0n) is 7.14. The van der Waals surface area contributed by atoms with Crippen molar-refractivity contribution in [1.29, 1.82) is 0 Å². The Balaban J connectivity index is 1.91. The minimum Gasteiger partial charge on any atom is -0.302 e. The molecule has 0 aromatic rings. The Labute approximate surface area is 75.0 Å². The molecule has 0 saturated carbocycles. The lowest BCUT2D eigenvalue weighted by molar-refractivity contribution is -0.163. The van der Waals surface area contributed by atoms with E-state index in [1.165, 1.54) is 0 Å². The van der Waals surface area contributed by atoms with Gasteiger partial charge in [0.25, 0.3) is 0 Å². The Morgan fingerprint density at radius 3 is 2.38 bits per heavy atom. The van der Waals surface area contributed by atoms with E-state index in [0.717, 1.165) is 6.42 Å². The van der Waals surface area contributed by atoms with Crippen LogP contribution in [0.25, 0.3) is 0 Å². The zero-order valence-corrected chi connectivity index (χ0v) is 7.14. The average Bonchev–Trinajstić information content (AvgIpc) is 2.85. The second-order valence-corrected chi connectivity index (χ2v) is 3.76. The molecule has 0 aromatic heterocycles. The molecule has 1 N–H and O–H groups in total. The topological polar surface area (TPSA) is 12.0 Å². The number of halogens is 3. The van der Waals surface area contributed by atoms with Crippen molar-refractivity contribution in [2.45, 2.75) is 37.5 Å². The van der Waals surface area contributed by atoms with Crippen LogP contribution in [0, 0.1) is 5.92 Å². The molecule has 2 unspecified atom stereocenters. The number of piperidine rings is 1. The summed E-state index contributed by atoms with van der Waals surface area (Å²) in [6.45, 7) is 0. The molecule has 0 bridgehead atoms. The summed E-state index contributed by atoms with van der Waals surface area (Å²) < 4.78 is 36.9. The summed E-state index contributed by atoms with van der Waals surface area (Å²) in [7, 11) is 0. The van der Waals surface area contributed by atoms with E-state index in [-0.39, 0.29) is 18.4 Å². The third-order valence-electron chi connectivity index (χ3n) is 2.70. The molecule has 1 heterocycles. The number of hydrogen-bond acceptors (Lipinski definition) is 1. The van der Waals surface area contributed by atoms with Gasteiger partial charge in [0.05, 0.1) is 0 Å². The van der Waals surface area contributed by atoms with Crippen LogP contribution in [-0.4, -0.2) is 18.3 Å². The van der Waals surface area contributed by atoms with Gasteiger partial charge in [-0.15, -0.1) is 0 Å². The summed E-state index contributed by atoms with van der Waals surface area (Å²) in [5.74, 6) is 0.283. The molecular weight excluding hydrogens is 179 g/mol. The molecule has 0 spiro atoms. The van der Waals surface area contributed by atoms with Crippen LogP contribution in [0.4, 0.5) is 13.2 Å². The first-order chi connectivity index (χ1) is 6.07.